The van der Waals surface area contributed by atoms with Gasteiger partial charge >= 0.3 is 0 Å². The van der Waals surface area contributed by atoms with E-state index in [0.717, 1.165) is 21.8 Å². The quantitative estimate of drug-likeness (QED) is 0.646. The van der Waals surface area contributed by atoms with Gasteiger partial charge in [-0.15, -0.1) is 22.7 Å². The first-order chi connectivity index (χ1) is 12.0. The predicted molar refractivity (Wildman–Crippen MR) is 106 cm³/mol. The summed E-state index contributed by atoms with van der Waals surface area (Å²) in [5.74, 6) is 0.114. The zero-order chi connectivity index (χ0) is 18.0. The van der Waals surface area contributed by atoms with Crippen LogP contribution in [-0.2, 0) is 11.3 Å². The summed E-state index contributed by atoms with van der Waals surface area (Å²) in [6, 6.07) is 10.2. The largest absolute Gasteiger partial charge is 0.335 e. The number of likely N-dealkylation sites (N-methyl/N-ethyl adjacent to an activating group) is 2. The number of fused-ring (bicyclic) bond motifs is 1. The van der Waals surface area contributed by atoms with E-state index in [1.165, 1.54) is 10.4 Å². The smallest absolute Gasteiger partial charge is 0.237 e. The van der Waals surface area contributed by atoms with E-state index < -0.39 is 0 Å². The molecule has 0 aliphatic heterocycles. The lowest BCUT2D eigenvalue weighted by Crippen LogP contribution is -2.37. The number of aryl methyl sites for hydroxylation is 1. The maximum Gasteiger partial charge on any atom is 0.237 e. The SMILES string of the molecule is Cc1ccsc1CN(C)CC(=O)N(C)[C@H](C)c1nc2ccccc2s1. The minimum absolute atomic E-state index is 0.0261. The van der Waals surface area contributed by atoms with Gasteiger partial charge in [-0.05, 0) is 50.0 Å². The molecule has 0 N–H and O–H groups in total. The Kier molecular flexibility index (Phi) is 5.51. The van der Waals surface area contributed by atoms with Crippen molar-refractivity contribution in [1.29, 1.82) is 0 Å². The first kappa shape index (κ1) is 18.0. The summed E-state index contributed by atoms with van der Waals surface area (Å²) in [7, 11) is 3.86. The van der Waals surface area contributed by atoms with Gasteiger partial charge in [0.15, 0.2) is 0 Å². The van der Waals surface area contributed by atoms with Crippen LogP contribution >= 0.6 is 22.7 Å². The van der Waals surface area contributed by atoms with Gasteiger partial charge in [-0.25, -0.2) is 4.98 Å². The Morgan fingerprint density at radius 1 is 1.24 bits per heavy atom. The summed E-state index contributed by atoms with van der Waals surface area (Å²) in [6.45, 7) is 5.36. The third-order valence-corrected chi connectivity index (χ3v) is 6.64. The van der Waals surface area contributed by atoms with E-state index in [0.29, 0.717) is 6.54 Å². The van der Waals surface area contributed by atoms with Crippen LogP contribution in [0.5, 0.6) is 0 Å². The minimum atomic E-state index is -0.0261. The molecule has 3 rings (SSSR count). The third kappa shape index (κ3) is 4.08. The number of carbonyl (C=O) groups is 1. The lowest BCUT2D eigenvalue weighted by molar-refractivity contribution is -0.132. The Balaban J connectivity index is 1.63. The van der Waals surface area contributed by atoms with Crippen molar-refractivity contribution in [3.63, 3.8) is 0 Å². The number of amides is 1. The van der Waals surface area contributed by atoms with E-state index in [1.54, 1.807) is 27.6 Å². The average molecular weight is 374 g/mol. The second kappa shape index (κ2) is 7.64. The molecule has 1 amide bonds. The molecule has 1 atom stereocenters. The second-order valence-electron chi connectivity index (χ2n) is 6.40. The standard InChI is InChI=1S/C19H23N3OS2/c1-13-9-10-24-17(13)11-21(3)12-18(23)22(4)14(2)19-20-15-7-5-6-8-16(15)25-19/h5-10,14H,11-12H2,1-4H3/t14-/m1/s1. The summed E-state index contributed by atoms with van der Waals surface area (Å²) in [5.41, 5.74) is 2.29. The normalized spacial score (nSPS) is 12.7. The van der Waals surface area contributed by atoms with E-state index in [-0.39, 0.29) is 11.9 Å². The van der Waals surface area contributed by atoms with Crippen LogP contribution < -0.4 is 0 Å². The number of benzene rings is 1. The van der Waals surface area contributed by atoms with Crippen molar-refractivity contribution in [2.75, 3.05) is 20.6 Å². The van der Waals surface area contributed by atoms with E-state index in [1.807, 2.05) is 39.2 Å². The van der Waals surface area contributed by atoms with Crippen molar-refractivity contribution in [2.24, 2.45) is 0 Å². The number of thiazole rings is 1. The van der Waals surface area contributed by atoms with Gasteiger partial charge in [0.05, 0.1) is 22.8 Å². The van der Waals surface area contributed by atoms with Crippen LogP contribution in [0.1, 0.15) is 28.4 Å². The van der Waals surface area contributed by atoms with E-state index in [4.69, 9.17) is 0 Å². The van der Waals surface area contributed by atoms with Crippen LogP contribution in [0.25, 0.3) is 10.2 Å². The Morgan fingerprint density at radius 3 is 2.68 bits per heavy atom. The fraction of sp³-hybridized carbons (Fsp3) is 0.368. The number of hydrogen-bond acceptors (Lipinski definition) is 5. The first-order valence-electron chi connectivity index (χ1n) is 8.28. The van der Waals surface area contributed by atoms with Crippen molar-refractivity contribution in [1.82, 2.24) is 14.8 Å². The highest BCUT2D eigenvalue weighted by atomic mass is 32.1. The zero-order valence-corrected chi connectivity index (χ0v) is 16.7. The van der Waals surface area contributed by atoms with Gasteiger partial charge in [-0.1, -0.05) is 12.1 Å². The van der Waals surface area contributed by atoms with Crippen molar-refractivity contribution in [3.05, 3.63) is 51.2 Å². The Morgan fingerprint density at radius 2 is 2.00 bits per heavy atom. The van der Waals surface area contributed by atoms with Crippen LogP contribution in [0.3, 0.4) is 0 Å². The van der Waals surface area contributed by atoms with E-state index in [2.05, 4.69) is 34.3 Å². The highest BCUT2D eigenvalue weighted by Gasteiger charge is 2.21. The summed E-state index contributed by atoms with van der Waals surface area (Å²) in [4.78, 5) is 22.5. The van der Waals surface area contributed by atoms with Gasteiger partial charge in [-0.2, -0.15) is 0 Å². The predicted octanol–water partition coefficient (Wildman–Crippen LogP) is 4.32. The maximum atomic E-state index is 12.7. The van der Waals surface area contributed by atoms with Crippen LogP contribution in [0.2, 0.25) is 0 Å². The van der Waals surface area contributed by atoms with Crippen molar-refractivity contribution in [3.8, 4) is 0 Å². The van der Waals surface area contributed by atoms with Gasteiger partial charge in [0.2, 0.25) is 5.91 Å². The summed E-state index contributed by atoms with van der Waals surface area (Å²) in [6.07, 6.45) is 0. The van der Waals surface area contributed by atoms with Crippen molar-refractivity contribution >= 4 is 38.8 Å². The second-order valence-corrected chi connectivity index (χ2v) is 8.46. The Bertz CT molecular complexity index is 837. The number of rotatable bonds is 6. The monoisotopic (exact) mass is 373 g/mol. The maximum absolute atomic E-state index is 12.7. The Labute approximate surface area is 156 Å². The fourth-order valence-corrected chi connectivity index (χ4v) is 4.71. The lowest BCUT2D eigenvalue weighted by Gasteiger charge is -2.26. The highest BCUT2D eigenvalue weighted by molar-refractivity contribution is 7.18. The molecule has 4 nitrogen and oxygen atoms in total. The van der Waals surface area contributed by atoms with Gasteiger partial charge in [0.25, 0.3) is 0 Å². The molecule has 0 bridgehead atoms. The molecule has 2 heterocycles. The van der Waals surface area contributed by atoms with Gasteiger partial charge in [0, 0.05) is 18.5 Å². The van der Waals surface area contributed by atoms with Crippen LogP contribution in [0.15, 0.2) is 35.7 Å². The molecule has 0 unspecified atom stereocenters. The highest BCUT2D eigenvalue weighted by Crippen LogP contribution is 2.29. The molecule has 0 spiro atoms. The molecular weight excluding hydrogens is 350 g/mol. The summed E-state index contributed by atoms with van der Waals surface area (Å²) < 4.78 is 1.16. The zero-order valence-electron chi connectivity index (χ0n) is 15.0. The number of nitrogens with zero attached hydrogens (tertiary/aromatic N) is 3. The van der Waals surface area contributed by atoms with Crippen LogP contribution in [0.4, 0.5) is 0 Å². The summed E-state index contributed by atoms with van der Waals surface area (Å²) >= 11 is 3.40. The molecule has 0 radical (unpaired) electrons. The summed E-state index contributed by atoms with van der Waals surface area (Å²) in [5, 5.41) is 3.08. The molecule has 25 heavy (non-hydrogen) atoms. The first-order valence-corrected chi connectivity index (χ1v) is 9.98. The van der Waals surface area contributed by atoms with Gasteiger partial charge in [-0.3, -0.25) is 9.69 Å². The molecule has 0 saturated heterocycles. The number of hydrogen-bond donors (Lipinski definition) is 0. The molecule has 0 fully saturated rings. The minimum Gasteiger partial charge on any atom is -0.335 e. The van der Waals surface area contributed by atoms with E-state index >= 15 is 0 Å². The number of carbonyl (C=O) groups excluding carboxylic acids is 1. The van der Waals surface area contributed by atoms with E-state index in [9.17, 15) is 4.79 Å². The molecule has 0 aliphatic carbocycles. The van der Waals surface area contributed by atoms with Crippen molar-refractivity contribution < 1.29 is 4.79 Å². The average Bonchev–Trinajstić information content (AvgIpc) is 3.19. The fourth-order valence-electron chi connectivity index (χ4n) is 2.66. The van der Waals surface area contributed by atoms with Crippen LogP contribution in [-0.4, -0.2) is 41.3 Å². The molecule has 0 saturated carbocycles. The molecule has 132 valence electrons. The third-order valence-electron chi connectivity index (χ3n) is 4.43. The molecule has 0 aliphatic rings. The topological polar surface area (TPSA) is 36.4 Å². The number of aromatic nitrogens is 1. The molecular formula is C19H23N3OS2. The van der Waals surface area contributed by atoms with Crippen molar-refractivity contribution in [2.45, 2.75) is 26.4 Å². The molecule has 3 aromatic rings. The molecule has 1 aromatic carbocycles. The van der Waals surface area contributed by atoms with Gasteiger partial charge < -0.3 is 4.90 Å². The number of para-hydroxylation sites is 1. The van der Waals surface area contributed by atoms with Gasteiger partial charge in [0.1, 0.15) is 5.01 Å². The Hall–Kier alpha value is -1.76. The number of thiophene rings is 1. The van der Waals surface area contributed by atoms with Crippen LogP contribution in [0, 0.1) is 6.92 Å². The molecule has 2 aromatic heterocycles. The lowest BCUT2D eigenvalue weighted by atomic mass is 10.2. The molecule has 6 heteroatoms.